The number of carbonyl (C=O) groups is 3. The summed E-state index contributed by atoms with van der Waals surface area (Å²) in [7, 11) is 0. The number of amides is 1. The van der Waals surface area contributed by atoms with Crippen molar-refractivity contribution in [2.24, 2.45) is 11.7 Å². The van der Waals surface area contributed by atoms with Gasteiger partial charge in [0.1, 0.15) is 0 Å². The molecule has 1 amide bonds. The van der Waals surface area contributed by atoms with Gasteiger partial charge in [0.25, 0.3) is 0 Å². The van der Waals surface area contributed by atoms with Crippen LogP contribution in [0, 0.1) is 5.92 Å². The molecule has 33 heavy (non-hydrogen) atoms. The molecule has 0 saturated carbocycles. The van der Waals surface area contributed by atoms with Gasteiger partial charge in [0.05, 0.1) is 12.6 Å². The standard InChI is InChI=1S/C25H40N2O5S/c1-2-3-4-12-15-20(24(30)21(19-33)27-23(29)18-26)16-13-10-8-6-5-7-9-11-14-17-22(28)25(31)32/h5-6,8-11,13,16,20-22,28,33H,2-4,7,12,14-15,17-19,26H2,1H3,(H,27,29)(H,31,32)/t20?,21-,22?/m0/s1. The molecule has 0 aliphatic carbocycles. The number of ketones is 1. The van der Waals surface area contributed by atoms with E-state index in [1.165, 1.54) is 0 Å². The third-order valence-corrected chi connectivity index (χ3v) is 5.29. The Morgan fingerprint density at radius 3 is 2.36 bits per heavy atom. The molecule has 186 valence electrons. The van der Waals surface area contributed by atoms with Gasteiger partial charge in [-0.05, 0) is 25.7 Å². The van der Waals surface area contributed by atoms with E-state index in [1.54, 1.807) is 0 Å². The maximum atomic E-state index is 12.9. The summed E-state index contributed by atoms with van der Waals surface area (Å²) in [4.78, 5) is 35.0. The lowest BCUT2D eigenvalue weighted by Crippen LogP contribution is -2.46. The number of carboxylic acid groups (broad SMARTS) is 1. The highest BCUT2D eigenvalue weighted by molar-refractivity contribution is 7.80. The molecule has 0 rings (SSSR count). The Bertz CT molecular complexity index is 688. The van der Waals surface area contributed by atoms with Crippen molar-refractivity contribution in [3.8, 4) is 0 Å². The van der Waals surface area contributed by atoms with Gasteiger partial charge >= 0.3 is 5.97 Å². The molecule has 5 N–H and O–H groups in total. The normalized spacial score (nSPS) is 14.9. The fourth-order valence-corrected chi connectivity index (χ4v) is 3.27. The highest BCUT2D eigenvalue weighted by Crippen LogP contribution is 2.16. The fourth-order valence-electron chi connectivity index (χ4n) is 3.00. The molecule has 2 unspecified atom stereocenters. The molecule has 0 aromatic rings. The van der Waals surface area contributed by atoms with Gasteiger partial charge in [0.2, 0.25) is 5.91 Å². The number of unbranched alkanes of at least 4 members (excludes halogenated alkanes) is 3. The molecule has 0 aliphatic heterocycles. The number of aliphatic hydroxyl groups is 1. The molecule has 0 bridgehead atoms. The van der Waals surface area contributed by atoms with Crippen molar-refractivity contribution in [2.75, 3.05) is 12.3 Å². The van der Waals surface area contributed by atoms with E-state index in [-0.39, 0.29) is 36.3 Å². The van der Waals surface area contributed by atoms with Crippen molar-refractivity contribution in [3.05, 3.63) is 48.6 Å². The van der Waals surface area contributed by atoms with Gasteiger partial charge in [0.15, 0.2) is 11.9 Å². The first kappa shape index (κ1) is 30.8. The monoisotopic (exact) mass is 480 g/mol. The maximum Gasteiger partial charge on any atom is 0.332 e. The summed E-state index contributed by atoms with van der Waals surface area (Å²) in [5.74, 6) is -1.69. The molecule has 0 saturated heterocycles. The van der Waals surface area contributed by atoms with E-state index >= 15 is 0 Å². The second-order valence-corrected chi connectivity index (χ2v) is 8.07. The Balaban J connectivity index is 4.70. The predicted molar refractivity (Wildman–Crippen MR) is 136 cm³/mol. The van der Waals surface area contributed by atoms with Crippen LogP contribution >= 0.6 is 12.6 Å². The fraction of sp³-hybridized carbons (Fsp3) is 0.560. The van der Waals surface area contributed by atoms with E-state index in [0.717, 1.165) is 32.1 Å². The number of Topliss-reactive ketones (excluding diaryl/α,β-unsaturated/α-hetero) is 1. The zero-order valence-electron chi connectivity index (χ0n) is 19.6. The third-order valence-electron chi connectivity index (χ3n) is 4.92. The van der Waals surface area contributed by atoms with Crippen LogP contribution in [0.1, 0.15) is 58.3 Å². The number of nitrogens with two attached hydrogens (primary N) is 1. The van der Waals surface area contributed by atoms with Gasteiger partial charge in [-0.2, -0.15) is 12.6 Å². The largest absolute Gasteiger partial charge is 0.479 e. The molecule has 0 aliphatic rings. The summed E-state index contributed by atoms with van der Waals surface area (Å²) in [6, 6.07) is -0.655. The van der Waals surface area contributed by atoms with Gasteiger partial charge in [-0.3, -0.25) is 9.59 Å². The molecule has 0 aromatic carbocycles. The first-order chi connectivity index (χ1) is 15.9. The van der Waals surface area contributed by atoms with Crippen LogP contribution in [0.4, 0.5) is 0 Å². The molecule has 3 atom stereocenters. The zero-order valence-corrected chi connectivity index (χ0v) is 20.5. The molecule has 0 spiro atoms. The summed E-state index contributed by atoms with van der Waals surface area (Å²) < 4.78 is 0. The summed E-state index contributed by atoms with van der Waals surface area (Å²) >= 11 is 4.22. The highest BCUT2D eigenvalue weighted by atomic mass is 32.1. The SMILES string of the molecule is CCCCCCC(C=CC=CC=CCC=CCCC(O)C(=O)O)C(=O)[C@H](CS)NC(=O)CN. The number of hydrogen-bond donors (Lipinski definition) is 5. The zero-order chi connectivity index (χ0) is 24.9. The maximum absolute atomic E-state index is 12.9. The number of aliphatic carboxylic acids is 1. The molecule has 0 aromatic heterocycles. The molecular weight excluding hydrogens is 440 g/mol. The number of carboxylic acids is 1. The summed E-state index contributed by atoms with van der Waals surface area (Å²) in [6.45, 7) is 1.98. The van der Waals surface area contributed by atoms with Crippen LogP contribution in [-0.2, 0) is 14.4 Å². The smallest absolute Gasteiger partial charge is 0.332 e. The number of hydrogen-bond acceptors (Lipinski definition) is 6. The van der Waals surface area contributed by atoms with Crippen LogP contribution in [0.25, 0.3) is 0 Å². The van der Waals surface area contributed by atoms with E-state index in [4.69, 9.17) is 10.8 Å². The molecule has 8 heteroatoms. The van der Waals surface area contributed by atoms with Crippen molar-refractivity contribution < 1.29 is 24.6 Å². The molecule has 0 fully saturated rings. The third kappa shape index (κ3) is 16.2. The Morgan fingerprint density at radius 2 is 1.73 bits per heavy atom. The van der Waals surface area contributed by atoms with Crippen molar-refractivity contribution in [1.82, 2.24) is 5.32 Å². The number of rotatable bonds is 19. The number of nitrogens with one attached hydrogen (secondary N) is 1. The summed E-state index contributed by atoms with van der Waals surface area (Å²) in [5, 5.41) is 20.4. The Hall–Kier alpha value is -2.16. The van der Waals surface area contributed by atoms with Crippen LogP contribution < -0.4 is 11.1 Å². The van der Waals surface area contributed by atoms with Gasteiger partial charge in [-0.25, -0.2) is 4.79 Å². The van der Waals surface area contributed by atoms with Crippen molar-refractivity contribution in [3.63, 3.8) is 0 Å². The van der Waals surface area contributed by atoms with Crippen molar-refractivity contribution in [2.45, 2.75) is 70.4 Å². The second kappa shape index (κ2) is 20.4. The van der Waals surface area contributed by atoms with E-state index in [1.807, 2.05) is 48.6 Å². The van der Waals surface area contributed by atoms with Crippen LogP contribution in [0.2, 0.25) is 0 Å². The van der Waals surface area contributed by atoms with Crippen molar-refractivity contribution >= 4 is 30.3 Å². The number of thiol groups is 1. The lowest BCUT2D eigenvalue weighted by atomic mass is 9.92. The lowest BCUT2D eigenvalue weighted by Gasteiger charge is -2.20. The number of aliphatic hydroxyl groups excluding tert-OH is 1. The van der Waals surface area contributed by atoms with E-state index in [9.17, 15) is 19.5 Å². The molecular formula is C25H40N2O5S. The minimum absolute atomic E-state index is 0.0540. The summed E-state index contributed by atoms with van der Waals surface area (Å²) in [5.41, 5.74) is 5.35. The molecule has 7 nitrogen and oxygen atoms in total. The molecule has 0 radical (unpaired) electrons. The van der Waals surface area contributed by atoms with Crippen LogP contribution in [0.15, 0.2) is 48.6 Å². The first-order valence-electron chi connectivity index (χ1n) is 11.6. The van der Waals surface area contributed by atoms with Gasteiger partial charge in [0, 0.05) is 11.7 Å². The van der Waals surface area contributed by atoms with Crippen LogP contribution in [-0.4, -0.2) is 52.3 Å². The Morgan fingerprint density at radius 1 is 1.00 bits per heavy atom. The van der Waals surface area contributed by atoms with E-state index < -0.39 is 18.1 Å². The highest BCUT2D eigenvalue weighted by Gasteiger charge is 2.25. The topological polar surface area (TPSA) is 130 Å². The Kier molecular flexibility index (Phi) is 19.1. The first-order valence-corrected chi connectivity index (χ1v) is 12.2. The number of carbonyl (C=O) groups excluding carboxylic acids is 2. The Labute approximate surface area is 203 Å². The van der Waals surface area contributed by atoms with Crippen molar-refractivity contribution in [1.29, 1.82) is 0 Å². The minimum atomic E-state index is -1.32. The average molecular weight is 481 g/mol. The van der Waals surface area contributed by atoms with Gasteiger partial charge in [-0.15, -0.1) is 0 Å². The van der Waals surface area contributed by atoms with Crippen LogP contribution in [0.3, 0.4) is 0 Å². The second-order valence-electron chi connectivity index (χ2n) is 7.70. The average Bonchev–Trinajstić information content (AvgIpc) is 2.81. The van der Waals surface area contributed by atoms with E-state index in [2.05, 4.69) is 24.9 Å². The quantitative estimate of drug-likeness (QED) is 0.0834. The lowest BCUT2D eigenvalue weighted by molar-refractivity contribution is -0.146. The molecule has 0 heterocycles. The van der Waals surface area contributed by atoms with Gasteiger partial charge < -0.3 is 21.3 Å². The number of allylic oxidation sites excluding steroid dienone is 8. The summed E-state index contributed by atoms with van der Waals surface area (Å²) in [6.07, 6.45) is 20.1. The van der Waals surface area contributed by atoms with Crippen LogP contribution in [0.5, 0.6) is 0 Å². The van der Waals surface area contributed by atoms with E-state index in [0.29, 0.717) is 12.8 Å². The minimum Gasteiger partial charge on any atom is -0.479 e. The predicted octanol–water partition coefficient (Wildman–Crippen LogP) is 3.36. The van der Waals surface area contributed by atoms with Gasteiger partial charge in [-0.1, -0.05) is 81.2 Å².